The van der Waals surface area contributed by atoms with E-state index in [0.29, 0.717) is 5.56 Å². The van der Waals surface area contributed by atoms with Gasteiger partial charge in [0.2, 0.25) is 0 Å². The summed E-state index contributed by atoms with van der Waals surface area (Å²) in [5.74, 6) is -4.32. The summed E-state index contributed by atoms with van der Waals surface area (Å²) >= 11 is 6.26. The number of fused-ring (bicyclic) bond motifs is 2. The van der Waals surface area contributed by atoms with Crippen LogP contribution in [0, 0.1) is 29.4 Å². The third-order valence-electron chi connectivity index (χ3n) is 8.45. The molecule has 1 aromatic heterocycles. The zero-order chi connectivity index (χ0) is 29.1. The number of amides is 1. The van der Waals surface area contributed by atoms with Crippen LogP contribution in [0.3, 0.4) is 0 Å². The van der Waals surface area contributed by atoms with Crippen LogP contribution in [0.1, 0.15) is 41.8 Å². The van der Waals surface area contributed by atoms with Crippen molar-refractivity contribution in [1.29, 1.82) is 0 Å². The number of nitrogens with one attached hydrogen (secondary N) is 1. The Bertz CT molecular complexity index is 1570. The second-order valence-corrected chi connectivity index (χ2v) is 13.3. The molecule has 9 nitrogen and oxygen atoms in total. The molecule has 0 spiro atoms. The molecule has 0 radical (unpaired) electrons. The summed E-state index contributed by atoms with van der Waals surface area (Å²) < 4.78 is 55.7. The van der Waals surface area contributed by atoms with Crippen LogP contribution in [0.25, 0.3) is 0 Å². The normalized spacial score (nSPS) is 27.5. The lowest BCUT2D eigenvalue weighted by Crippen LogP contribution is -2.72. The van der Waals surface area contributed by atoms with Crippen molar-refractivity contribution >= 4 is 33.0 Å². The largest absolute Gasteiger partial charge is 0.387 e. The number of carbonyl (C=O) groups is 1. The third kappa shape index (κ3) is 4.61. The number of halogens is 3. The Morgan fingerprint density at radius 3 is 2.42 bits per heavy atom. The van der Waals surface area contributed by atoms with E-state index < -0.39 is 62.3 Å². The number of hydrogen-bond acceptors (Lipinski definition) is 7. The molecule has 13 heteroatoms. The lowest BCUT2D eigenvalue weighted by molar-refractivity contribution is -0.280. The van der Waals surface area contributed by atoms with Crippen molar-refractivity contribution in [2.75, 3.05) is 5.32 Å². The molecule has 40 heavy (non-hydrogen) atoms. The Morgan fingerprint density at radius 1 is 1.15 bits per heavy atom. The maximum absolute atomic E-state index is 13.7. The van der Waals surface area contributed by atoms with Crippen molar-refractivity contribution in [3.63, 3.8) is 0 Å². The van der Waals surface area contributed by atoms with Crippen LogP contribution >= 0.6 is 11.6 Å². The van der Waals surface area contributed by atoms with Gasteiger partial charge in [-0.25, -0.2) is 17.2 Å². The van der Waals surface area contributed by atoms with E-state index in [1.165, 1.54) is 35.3 Å². The average molecular weight is 596 g/mol. The third-order valence-corrected chi connectivity index (χ3v) is 11.1. The Labute approximate surface area is 234 Å². The summed E-state index contributed by atoms with van der Waals surface area (Å²) in [5.41, 5.74) is -1.45. The van der Waals surface area contributed by atoms with Gasteiger partial charge in [-0.3, -0.25) is 9.48 Å². The maximum atomic E-state index is 13.7. The minimum absolute atomic E-state index is 0.00886. The number of benzene rings is 2. The first-order valence-corrected chi connectivity index (χ1v) is 14.5. The van der Waals surface area contributed by atoms with Gasteiger partial charge in [-0.05, 0) is 60.9 Å². The number of aliphatic hydroxyl groups excluding tert-OH is 2. The minimum Gasteiger partial charge on any atom is -0.387 e. The highest BCUT2D eigenvalue weighted by atomic mass is 35.5. The molecule has 4 N–H and O–H groups in total. The van der Waals surface area contributed by atoms with Crippen molar-refractivity contribution in [1.82, 2.24) is 9.78 Å². The van der Waals surface area contributed by atoms with Crippen molar-refractivity contribution in [2.45, 2.75) is 47.7 Å². The van der Waals surface area contributed by atoms with Gasteiger partial charge in [0, 0.05) is 36.1 Å². The Morgan fingerprint density at radius 2 is 1.82 bits per heavy atom. The quantitative estimate of drug-likeness (QED) is 0.328. The SMILES string of the molecule is CC1C2CC(S(=O)(=O)c3cc(C(=O)Nc4ccc(F)c(F)c4)ccc3Cl)CC1C2(O)C(O)C(O)c1cnn(C)c1. The van der Waals surface area contributed by atoms with Gasteiger partial charge >= 0.3 is 0 Å². The molecule has 1 amide bonds. The van der Waals surface area contributed by atoms with Gasteiger partial charge in [-0.1, -0.05) is 18.5 Å². The summed E-state index contributed by atoms with van der Waals surface area (Å²) in [5, 5.41) is 38.5. The number of aromatic nitrogens is 2. The number of rotatable bonds is 7. The summed E-state index contributed by atoms with van der Waals surface area (Å²) in [4.78, 5) is 12.5. The van der Waals surface area contributed by atoms with Crippen molar-refractivity contribution in [2.24, 2.45) is 24.8 Å². The molecule has 0 aliphatic heterocycles. The number of carbonyl (C=O) groups excluding carboxylic acids is 1. The summed E-state index contributed by atoms with van der Waals surface area (Å²) in [6.45, 7) is 1.87. The number of anilines is 1. The standard InChI is InChI=1S/C27H28ClF2N3O6S/c1-13-18-9-17(10-19(13)27(18,37)25(35)24(34)15-11-31-33(2)12-15)40(38,39)23-7-14(3-5-20(23)28)26(36)32-16-4-6-21(29)22(30)8-16/h3-8,11-13,17-19,24-25,34-35,37H,9-10H2,1-2H3,(H,32,36). The summed E-state index contributed by atoms with van der Waals surface area (Å²) in [7, 11) is -2.44. The summed E-state index contributed by atoms with van der Waals surface area (Å²) in [6, 6.07) is 6.53. The number of aliphatic hydroxyl groups is 3. The molecule has 214 valence electrons. The zero-order valence-corrected chi connectivity index (χ0v) is 23.1. The molecule has 2 aromatic carbocycles. The second-order valence-electron chi connectivity index (χ2n) is 10.7. The Kier molecular flexibility index (Phi) is 7.28. The van der Waals surface area contributed by atoms with E-state index in [4.69, 9.17) is 11.6 Å². The summed E-state index contributed by atoms with van der Waals surface area (Å²) in [6.07, 6.45) is -0.0358. The lowest BCUT2D eigenvalue weighted by Gasteiger charge is -2.64. The van der Waals surface area contributed by atoms with Crippen molar-refractivity contribution < 1.29 is 37.3 Å². The fourth-order valence-corrected chi connectivity index (χ4v) is 8.64. The van der Waals surface area contributed by atoms with Crippen molar-refractivity contribution in [3.05, 3.63) is 76.6 Å². The number of sulfone groups is 1. The predicted octanol–water partition coefficient (Wildman–Crippen LogP) is 3.25. The van der Waals surface area contributed by atoms with E-state index in [1.54, 1.807) is 7.05 Å². The molecular formula is C27H28ClF2N3O6S. The molecule has 3 aliphatic carbocycles. The van der Waals surface area contributed by atoms with Gasteiger partial charge < -0.3 is 20.6 Å². The molecule has 6 rings (SSSR count). The van der Waals surface area contributed by atoms with Crippen LogP contribution in [0.2, 0.25) is 5.02 Å². The van der Waals surface area contributed by atoms with E-state index in [-0.39, 0.29) is 39.9 Å². The smallest absolute Gasteiger partial charge is 0.255 e. The Balaban J connectivity index is 1.36. The van der Waals surface area contributed by atoms with Crippen LogP contribution in [0.5, 0.6) is 0 Å². The van der Waals surface area contributed by atoms with E-state index in [2.05, 4.69) is 10.4 Å². The van der Waals surface area contributed by atoms with E-state index in [1.807, 2.05) is 6.92 Å². The maximum Gasteiger partial charge on any atom is 0.255 e. The average Bonchev–Trinajstić information content (AvgIpc) is 3.36. The second kappa shape index (κ2) is 10.2. The molecule has 0 saturated heterocycles. The van der Waals surface area contributed by atoms with Gasteiger partial charge in [0.05, 0.1) is 27.0 Å². The van der Waals surface area contributed by atoms with Gasteiger partial charge in [-0.15, -0.1) is 0 Å². The van der Waals surface area contributed by atoms with E-state index in [9.17, 15) is 37.3 Å². The molecule has 3 saturated carbocycles. The highest BCUT2D eigenvalue weighted by Crippen LogP contribution is 2.61. The molecular weight excluding hydrogens is 568 g/mol. The van der Waals surface area contributed by atoms with E-state index in [0.717, 1.165) is 18.2 Å². The van der Waals surface area contributed by atoms with Crippen LogP contribution in [0.15, 0.2) is 53.7 Å². The van der Waals surface area contributed by atoms with Gasteiger partial charge in [0.1, 0.15) is 12.2 Å². The van der Waals surface area contributed by atoms with E-state index >= 15 is 0 Å². The van der Waals surface area contributed by atoms with Crippen LogP contribution in [-0.2, 0) is 16.9 Å². The molecule has 4 unspecified atom stereocenters. The fraction of sp³-hybridized carbons (Fsp3) is 0.407. The zero-order valence-electron chi connectivity index (χ0n) is 21.5. The van der Waals surface area contributed by atoms with Crippen LogP contribution < -0.4 is 5.32 Å². The number of nitrogens with zero attached hydrogens (tertiary/aromatic N) is 2. The minimum atomic E-state index is -4.09. The number of aryl methyl sites for hydroxylation is 1. The molecule has 3 fully saturated rings. The first-order valence-electron chi connectivity index (χ1n) is 12.6. The van der Waals surface area contributed by atoms with Gasteiger partial charge in [0.25, 0.3) is 5.91 Å². The van der Waals surface area contributed by atoms with Crippen LogP contribution in [-0.4, -0.2) is 56.4 Å². The van der Waals surface area contributed by atoms with Gasteiger partial charge in [0.15, 0.2) is 21.5 Å². The number of hydrogen-bond donors (Lipinski definition) is 4. The highest BCUT2D eigenvalue weighted by molar-refractivity contribution is 7.92. The molecule has 3 aromatic rings. The predicted molar refractivity (Wildman–Crippen MR) is 141 cm³/mol. The monoisotopic (exact) mass is 595 g/mol. The topological polar surface area (TPSA) is 142 Å². The van der Waals surface area contributed by atoms with Crippen molar-refractivity contribution in [3.8, 4) is 0 Å². The first kappa shape index (κ1) is 28.6. The first-order chi connectivity index (χ1) is 18.7. The molecule has 4 atom stereocenters. The Hall–Kier alpha value is -2.90. The molecule has 1 heterocycles. The highest BCUT2D eigenvalue weighted by Gasteiger charge is 2.68. The molecule has 3 aliphatic rings. The van der Waals surface area contributed by atoms with Gasteiger partial charge in [-0.2, -0.15) is 5.10 Å². The van der Waals surface area contributed by atoms with Crippen LogP contribution in [0.4, 0.5) is 14.5 Å². The lowest BCUT2D eigenvalue weighted by atomic mass is 9.45. The fourth-order valence-electron chi connectivity index (χ4n) is 6.29. The molecule has 2 bridgehead atoms.